The molecule has 1 saturated heterocycles. The smallest absolute Gasteiger partial charge is 0.324 e. The van der Waals surface area contributed by atoms with Crippen LogP contribution in [0.5, 0.6) is 0 Å². The van der Waals surface area contributed by atoms with Gasteiger partial charge < -0.3 is 15.0 Å². The molecular formula is C33H37N7O2. The molecule has 0 unspecified atom stereocenters. The summed E-state index contributed by atoms with van der Waals surface area (Å²) in [7, 11) is 0. The quantitative estimate of drug-likeness (QED) is 0.219. The van der Waals surface area contributed by atoms with E-state index in [4.69, 9.17) is 14.8 Å². The Labute approximate surface area is 245 Å². The van der Waals surface area contributed by atoms with E-state index in [2.05, 4.69) is 47.4 Å². The summed E-state index contributed by atoms with van der Waals surface area (Å²) in [6, 6.07) is 21.7. The first-order chi connectivity index (χ1) is 20.2. The number of fused-ring (bicyclic) bond motifs is 1. The molecule has 0 bridgehead atoms. The zero-order valence-electron chi connectivity index (χ0n) is 24.6. The highest BCUT2D eigenvalue weighted by atomic mass is 16.5. The lowest BCUT2D eigenvalue weighted by atomic mass is 9.92. The lowest BCUT2D eigenvalue weighted by molar-refractivity contribution is 0.0337. The summed E-state index contributed by atoms with van der Waals surface area (Å²) in [4.78, 5) is 23.9. The zero-order valence-corrected chi connectivity index (χ0v) is 24.6. The van der Waals surface area contributed by atoms with Gasteiger partial charge in [0.25, 0.3) is 0 Å². The molecule has 2 aromatic heterocycles. The van der Waals surface area contributed by atoms with Gasteiger partial charge in [-0.3, -0.25) is 10.2 Å². The number of aromatic nitrogens is 4. The summed E-state index contributed by atoms with van der Waals surface area (Å²) in [5.41, 5.74) is 5.52. The number of hydrogen-bond donors (Lipinski definition) is 3. The van der Waals surface area contributed by atoms with Gasteiger partial charge in [0.2, 0.25) is 0 Å². The minimum atomic E-state index is -0.340. The van der Waals surface area contributed by atoms with E-state index >= 15 is 0 Å². The van der Waals surface area contributed by atoms with E-state index in [0.717, 1.165) is 77.6 Å². The van der Waals surface area contributed by atoms with Crippen molar-refractivity contribution in [1.82, 2.24) is 24.6 Å². The monoisotopic (exact) mass is 563 g/mol. The molecule has 9 heteroatoms. The predicted molar refractivity (Wildman–Crippen MR) is 167 cm³/mol. The van der Waals surface area contributed by atoms with Crippen molar-refractivity contribution in [3.8, 4) is 17.1 Å². The van der Waals surface area contributed by atoms with Crippen LogP contribution in [0.4, 0.5) is 16.3 Å². The molecule has 1 fully saturated rings. The van der Waals surface area contributed by atoms with Crippen LogP contribution in [0.2, 0.25) is 0 Å². The number of benzene rings is 3. The highest BCUT2D eigenvalue weighted by molar-refractivity contribution is 6.09. The lowest BCUT2D eigenvalue weighted by Crippen LogP contribution is -2.35. The molecule has 42 heavy (non-hydrogen) atoms. The average Bonchev–Trinajstić information content (AvgIpc) is 3.62. The maximum absolute atomic E-state index is 13.4. The molecule has 6 rings (SSSR count). The van der Waals surface area contributed by atoms with Crippen LogP contribution in [0, 0.1) is 6.92 Å². The number of carbonyl (C=O) groups excluding carboxylic acids is 1. The Morgan fingerprint density at radius 3 is 2.45 bits per heavy atom. The van der Waals surface area contributed by atoms with Gasteiger partial charge in [0.05, 0.1) is 30.3 Å². The van der Waals surface area contributed by atoms with E-state index in [0.29, 0.717) is 11.5 Å². The molecule has 9 nitrogen and oxygen atoms in total. The number of aromatic amines is 1. The number of aryl methyl sites for hydroxylation is 1. The largest absolute Gasteiger partial charge is 0.379 e. The van der Waals surface area contributed by atoms with Crippen molar-refractivity contribution in [1.29, 1.82) is 0 Å². The van der Waals surface area contributed by atoms with Gasteiger partial charge >= 0.3 is 6.03 Å². The van der Waals surface area contributed by atoms with E-state index in [1.54, 1.807) is 4.68 Å². The minimum Gasteiger partial charge on any atom is -0.379 e. The first kappa shape index (κ1) is 27.7. The van der Waals surface area contributed by atoms with Crippen molar-refractivity contribution in [3.63, 3.8) is 0 Å². The molecule has 5 aromatic rings. The second-order valence-corrected chi connectivity index (χ2v) is 11.8. The summed E-state index contributed by atoms with van der Waals surface area (Å²) in [5.74, 6) is 1.41. The summed E-state index contributed by atoms with van der Waals surface area (Å²) >= 11 is 0. The molecule has 0 atom stereocenters. The molecular weight excluding hydrogens is 526 g/mol. The summed E-state index contributed by atoms with van der Waals surface area (Å²) in [6.45, 7) is 12.5. The van der Waals surface area contributed by atoms with Crippen LogP contribution >= 0.6 is 0 Å². The van der Waals surface area contributed by atoms with Crippen molar-refractivity contribution in [2.24, 2.45) is 0 Å². The van der Waals surface area contributed by atoms with Crippen molar-refractivity contribution in [2.75, 3.05) is 36.9 Å². The Morgan fingerprint density at radius 2 is 1.71 bits per heavy atom. The SMILES string of the molecule is Cc1ccc(-n2nc(C(C)(C)C)cc2NC(=O)Nc2ccc(-c3ncc(CN4CCOCC4)[nH]3)c3ccccc23)cc1. The molecule has 2 amide bonds. The molecule has 3 N–H and O–H groups in total. The number of carbonyl (C=O) groups is 1. The molecule has 3 heterocycles. The molecule has 0 radical (unpaired) electrons. The van der Waals surface area contributed by atoms with Crippen molar-refractivity contribution in [2.45, 2.75) is 39.7 Å². The van der Waals surface area contributed by atoms with Crippen molar-refractivity contribution >= 4 is 28.3 Å². The molecule has 0 saturated carbocycles. The van der Waals surface area contributed by atoms with Gasteiger partial charge in [-0.05, 0) is 36.6 Å². The fraction of sp³-hybridized carbons (Fsp3) is 0.303. The Hall–Kier alpha value is -4.47. The minimum absolute atomic E-state index is 0.178. The van der Waals surface area contributed by atoms with Gasteiger partial charge in [-0.2, -0.15) is 5.10 Å². The number of anilines is 2. The molecule has 0 spiro atoms. The van der Waals surface area contributed by atoms with Gasteiger partial charge in [-0.1, -0.05) is 62.7 Å². The molecule has 0 aliphatic carbocycles. The second kappa shape index (κ2) is 11.4. The van der Waals surface area contributed by atoms with Gasteiger partial charge in [0.1, 0.15) is 11.6 Å². The van der Waals surface area contributed by atoms with Crippen LogP contribution in [0.1, 0.15) is 37.7 Å². The lowest BCUT2D eigenvalue weighted by Gasteiger charge is -2.25. The fourth-order valence-electron chi connectivity index (χ4n) is 5.18. The second-order valence-electron chi connectivity index (χ2n) is 11.8. The third kappa shape index (κ3) is 5.93. The number of H-pyrrole nitrogens is 1. The summed E-state index contributed by atoms with van der Waals surface area (Å²) in [6.07, 6.45) is 1.90. The van der Waals surface area contributed by atoms with Crippen LogP contribution in [0.3, 0.4) is 0 Å². The van der Waals surface area contributed by atoms with Crippen molar-refractivity contribution in [3.05, 3.63) is 89.9 Å². The van der Waals surface area contributed by atoms with Gasteiger partial charge in [-0.25, -0.2) is 14.5 Å². The number of urea groups is 1. The fourth-order valence-corrected chi connectivity index (χ4v) is 5.18. The molecule has 3 aromatic carbocycles. The van der Waals surface area contributed by atoms with E-state index in [9.17, 15) is 4.79 Å². The number of hydrogen-bond acceptors (Lipinski definition) is 5. The maximum atomic E-state index is 13.4. The van der Waals surface area contributed by atoms with Gasteiger partial charge in [0, 0.05) is 54.0 Å². The van der Waals surface area contributed by atoms with E-state index in [1.165, 1.54) is 0 Å². The average molecular weight is 564 g/mol. The Balaban J connectivity index is 1.25. The van der Waals surface area contributed by atoms with Crippen LogP contribution in [0.15, 0.2) is 72.9 Å². The van der Waals surface area contributed by atoms with Crippen LogP contribution in [-0.4, -0.2) is 57.0 Å². The van der Waals surface area contributed by atoms with Gasteiger partial charge in [0.15, 0.2) is 0 Å². The Morgan fingerprint density at radius 1 is 0.976 bits per heavy atom. The van der Waals surface area contributed by atoms with Crippen molar-refractivity contribution < 1.29 is 9.53 Å². The highest BCUT2D eigenvalue weighted by Gasteiger charge is 2.22. The van der Waals surface area contributed by atoms with Crippen LogP contribution in [-0.2, 0) is 16.7 Å². The van der Waals surface area contributed by atoms with Crippen LogP contribution < -0.4 is 10.6 Å². The Kier molecular flexibility index (Phi) is 7.53. The van der Waals surface area contributed by atoms with E-state index in [-0.39, 0.29) is 11.4 Å². The first-order valence-corrected chi connectivity index (χ1v) is 14.4. The topological polar surface area (TPSA) is 100 Å². The third-order valence-electron chi connectivity index (χ3n) is 7.55. The van der Waals surface area contributed by atoms with E-state index < -0.39 is 0 Å². The number of imidazole rings is 1. The Bertz CT molecular complexity index is 1710. The number of nitrogens with one attached hydrogen (secondary N) is 3. The first-order valence-electron chi connectivity index (χ1n) is 14.4. The van der Waals surface area contributed by atoms with E-state index in [1.807, 2.05) is 73.8 Å². The van der Waals surface area contributed by atoms with Gasteiger partial charge in [-0.15, -0.1) is 0 Å². The standard InChI is InChI=1S/C33H37N7O2/c1-22-9-11-24(12-10-22)40-30(19-29(38-40)33(2,3)4)37-32(41)36-28-14-13-27(25-7-5-6-8-26(25)28)31-34-20-23(35-31)21-39-15-17-42-18-16-39/h5-14,19-20H,15-18,21H2,1-4H3,(H,34,35)(H2,36,37,41). The number of amides is 2. The summed E-state index contributed by atoms with van der Waals surface area (Å²) in [5, 5.41) is 12.9. The number of nitrogens with zero attached hydrogens (tertiary/aromatic N) is 4. The normalized spacial score (nSPS) is 14.3. The third-order valence-corrected chi connectivity index (χ3v) is 7.55. The summed E-state index contributed by atoms with van der Waals surface area (Å²) < 4.78 is 7.25. The number of rotatable bonds is 6. The molecule has 216 valence electrons. The number of morpholine rings is 1. The zero-order chi connectivity index (χ0) is 29.3. The number of ether oxygens (including phenoxy) is 1. The molecule has 1 aliphatic rings. The predicted octanol–water partition coefficient (Wildman–Crippen LogP) is 6.50. The maximum Gasteiger partial charge on any atom is 0.324 e. The highest BCUT2D eigenvalue weighted by Crippen LogP contribution is 2.33. The molecule has 1 aliphatic heterocycles. The van der Waals surface area contributed by atoms with Crippen LogP contribution in [0.25, 0.3) is 27.8 Å².